The standard InChI is InChI=1S/C15H29NO2/c1-2-3-13-18-14-7-5-4-6-10-16-11-8-15(17)9-12-16/h2-14H2,1H3. The summed E-state index contributed by atoms with van der Waals surface area (Å²) in [5, 5.41) is 0. The molecule has 0 saturated carbocycles. The van der Waals surface area contributed by atoms with Crippen LogP contribution in [0, 0.1) is 0 Å². The number of rotatable bonds is 10. The van der Waals surface area contributed by atoms with Gasteiger partial charge in [-0.3, -0.25) is 4.79 Å². The SMILES string of the molecule is CCCCOCCCCCCN1CCC(=O)CC1. The minimum absolute atomic E-state index is 0.440. The Morgan fingerprint density at radius 2 is 1.67 bits per heavy atom. The van der Waals surface area contributed by atoms with Crippen LogP contribution in [0.4, 0.5) is 0 Å². The molecule has 0 aromatic rings. The molecule has 0 spiro atoms. The lowest BCUT2D eigenvalue weighted by Crippen LogP contribution is -2.34. The van der Waals surface area contributed by atoms with Gasteiger partial charge in [0, 0.05) is 39.1 Å². The van der Waals surface area contributed by atoms with E-state index in [2.05, 4.69) is 11.8 Å². The number of Topliss-reactive ketones (excluding diaryl/α,β-unsaturated/α-hetero) is 1. The summed E-state index contributed by atoms with van der Waals surface area (Å²) in [5.74, 6) is 0.440. The third kappa shape index (κ3) is 7.83. The molecule has 3 heteroatoms. The van der Waals surface area contributed by atoms with Crippen LogP contribution < -0.4 is 0 Å². The summed E-state index contributed by atoms with van der Waals surface area (Å²) in [5.41, 5.74) is 0. The van der Waals surface area contributed by atoms with Crippen molar-refractivity contribution < 1.29 is 9.53 Å². The Morgan fingerprint density at radius 1 is 1.00 bits per heavy atom. The predicted molar refractivity (Wildman–Crippen MR) is 74.9 cm³/mol. The molecular formula is C15H29NO2. The third-order valence-electron chi connectivity index (χ3n) is 3.57. The second-order valence-electron chi connectivity index (χ2n) is 5.26. The molecule has 1 fully saturated rings. The van der Waals surface area contributed by atoms with Crippen molar-refractivity contribution in [3.05, 3.63) is 0 Å². The van der Waals surface area contributed by atoms with E-state index in [1.807, 2.05) is 0 Å². The molecule has 3 nitrogen and oxygen atoms in total. The van der Waals surface area contributed by atoms with Crippen LogP contribution in [-0.2, 0) is 9.53 Å². The van der Waals surface area contributed by atoms with Gasteiger partial charge in [-0.05, 0) is 25.8 Å². The number of piperidine rings is 1. The lowest BCUT2D eigenvalue weighted by molar-refractivity contribution is -0.121. The van der Waals surface area contributed by atoms with Crippen LogP contribution in [0.3, 0.4) is 0 Å². The first-order valence-electron chi connectivity index (χ1n) is 7.64. The van der Waals surface area contributed by atoms with Crippen LogP contribution in [0.5, 0.6) is 0 Å². The van der Waals surface area contributed by atoms with Gasteiger partial charge in [0.15, 0.2) is 0 Å². The molecule has 0 unspecified atom stereocenters. The Balaban J connectivity index is 1.80. The molecule has 0 radical (unpaired) electrons. The molecule has 1 rings (SSSR count). The van der Waals surface area contributed by atoms with Crippen LogP contribution in [0.25, 0.3) is 0 Å². The highest BCUT2D eigenvalue weighted by atomic mass is 16.5. The van der Waals surface area contributed by atoms with Crippen molar-refractivity contribution >= 4 is 5.78 Å². The van der Waals surface area contributed by atoms with Crippen LogP contribution in [0.2, 0.25) is 0 Å². The summed E-state index contributed by atoms with van der Waals surface area (Å²) in [6, 6.07) is 0. The van der Waals surface area contributed by atoms with Crippen molar-refractivity contribution in [3.8, 4) is 0 Å². The molecule has 0 aromatic heterocycles. The summed E-state index contributed by atoms with van der Waals surface area (Å²) in [4.78, 5) is 13.5. The van der Waals surface area contributed by atoms with Crippen molar-refractivity contribution in [2.24, 2.45) is 0 Å². The van der Waals surface area contributed by atoms with Crippen LogP contribution in [0.1, 0.15) is 58.3 Å². The summed E-state index contributed by atoms with van der Waals surface area (Å²) >= 11 is 0. The van der Waals surface area contributed by atoms with Gasteiger partial charge in [0.2, 0.25) is 0 Å². The lowest BCUT2D eigenvalue weighted by atomic mass is 10.1. The van der Waals surface area contributed by atoms with Gasteiger partial charge in [-0.15, -0.1) is 0 Å². The zero-order valence-corrected chi connectivity index (χ0v) is 12.0. The molecule has 0 aromatic carbocycles. The molecule has 1 heterocycles. The monoisotopic (exact) mass is 255 g/mol. The number of hydrogen-bond acceptors (Lipinski definition) is 3. The fourth-order valence-corrected chi connectivity index (χ4v) is 2.27. The Hall–Kier alpha value is -0.410. The largest absolute Gasteiger partial charge is 0.381 e. The molecule has 0 amide bonds. The van der Waals surface area contributed by atoms with Crippen LogP contribution in [-0.4, -0.2) is 43.5 Å². The summed E-state index contributed by atoms with van der Waals surface area (Å²) < 4.78 is 5.53. The van der Waals surface area contributed by atoms with Crippen molar-refractivity contribution in [1.82, 2.24) is 4.90 Å². The Morgan fingerprint density at radius 3 is 2.39 bits per heavy atom. The zero-order chi connectivity index (χ0) is 13.1. The average molecular weight is 255 g/mol. The maximum atomic E-state index is 11.1. The molecule has 0 N–H and O–H groups in total. The first kappa shape index (κ1) is 15.6. The van der Waals surface area contributed by atoms with Crippen molar-refractivity contribution in [2.45, 2.75) is 58.3 Å². The lowest BCUT2D eigenvalue weighted by Gasteiger charge is -2.25. The normalized spacial score (nSPS) is 17.3. The number of carbonyl (C=O) groups excluding carboxylic acids is 1. The second kappa shape index (κ2) is 10.5. The molecular weight excluding hydrogens is 226 g/mol. The minimum Gasteiger partial charge on any atom is -0.381 e. The summed E-state index contributed by atoms with van der Waals surface area (Å²) in [6.07, 6.45) is 8.98. The van der Waals surface area contributed by atoms with Crippen LogP contribution in [0.15, 0.2) is 0 Å². The fourth-order valence-electron chi connectivity index (χ4n) is 2.27. The predicted octanol–water partition coefficient (Wildman–Crippen LogP) is 3.03. The average Bonchev–Trinajstić information content (AvgIpc) is 2.39. The molecule has 18 heavy (non-hydrogen) atoms. The van der Waals surface area contributed by atoms with Crippen LogP contribution >= 0.6 is 0 Å². The van der Waals surface area contributed by atoms with Crippen molar-refractivity contribution in [3.63, 3.8) is 0 Å². The number of ketones is 1. The molecule has 1 saturated heterocycles. The number of ether oxygens (including phenoxy) is 1. The highest BCUT2D eigenvalue weighted by Crippen LogP contribution is 2.08. The summed E-state index contributed by atoms with van der Waals surface area (Å²) in [6.45, 7) is 7.19. The van der Waals surface area contributed by atoms with Gasteiger partial charge in [-0.25, -0.2) is 0 Å². The molecule has 0 atom stereocenters. The van der Waals surface area contributed by atoms with E-state index in [0.29, 0.717) is 5.78 Å². The zero-order valence-electron chi connectivity index (χ0n) is 12.0. The topological polar surface area (TPSA) is 29.5 Å². The van der Waals surface area contributed by atoms with E-state index in [1.54, 1.807) is 0 Å². The van der Waals surface area contributed by atoms with Gasteiger partial charge in [-0.1, -0.05) is 26.2 Å². The Labute approximate surface area is 112 Å². The van der Waals surface area contributed by atoms with Gasteiger partial charge in [0.25, 0.3) is 0 Å². The van der Waals surface area contributed by atoms with Crippen molar-refractivity contribution in [2.75, 3.05) is 32.8 Å². The van der Waals surface area contributed by atoms with E-state index < -0.39 is 0 Å². The van der Waals surface area contributed by atoms with E-state index in [0.717, 1.165) is 39.1 Å². The molecule has 1 aliphatic heterocycles. The van der Waals surface area contributed by atoms with Gasteiger partial charge < -0.3 is 9.64 Å². The third-order valence-corrected chi connectivity index (χ3v) is 3.57. The van der Waals surface area contributed by atoms with E-state index in [9.17, 15) is 4.79 Å². The van der Waals surface area contributed by atoms with E-state index in [1.165, 1.54) is 45.1 Å². The van der Waals surface area contributed by atoms with Gasteiger partial charge in [-0.2, -0.15) is 0 Å². The highest BCUT2D eigenvalue weighted by molar-refractivity contribution is 5.79. The smallest absolute Gasteiger partial charge is 0.135 e. The Bertz CT molecular complexity index is 209. The minimum atomic E-state index is 0.440. The maximum absolute atomic E-state index is 11.1. The highest BCUT2D eigenvalue weighted by Gasteiger charge is 2.14. The molecule has 0 bridgehead atoms. The first-order valence-corrected chi connectivity index (χ1v) is 7.64. The number of hydrogen-bond donors (Lipinski definition) is 0. The quantitative estimate of drug-likeness (QED) is 0.562. The number of carbonyl (C=O) groups is 1. The number of likely N-dealkylation sites (tertiary alicyclic amines) is 1. The fraction of sp³-hybridized carbons (Fsp3) is 0.933. The second-order valence-corrected chi connectivity index (χ2v) is 5.26. The molecule has 106 valence electrons. The number of unbranched alkanes of at least 4 members (excludes halogenated alkanes) is 4. The molecule has 0 aliphatic carbocycles. The first-order chi connectivity index (χ1) is 8.83. The number of nitrogens with zero attached hydrogens (tertiary/aromatic N) is 1. The maximum Gasteiger partial charge on any atom is 0.135 e. The van der Waals surface area contributed by atoms with E-state index in [-0.39, 0.29) is 0 Å². The van der Waals surface area contributed by atoms with E-state index >= 15 is 0 Å². The van der Waals surface area contributed by atoms with E-state index in [4.69, 9.17) is 4.74 Å². The van der Waals surface area contributed by atoms with Gasteiger partial charge >= 0.3 is 0 Å². The molecule has 1 aliphatic rings. The Kier molecular flexibility index (Phi) is 9.13. The summed E-state index contributed by atoms with van der Waals surface area (Å²) in [7, 11) is 0. The van der Waals surface area contributed by atoms with Gasteiger partial charge in [0.1, 0.15) is 5.78 Å². The van der Waals surface area contributed by atoms with Crippen molar-refractivity contribution in [1.29, 1.82) is 0 Å². The van der Waals surface area contributed by atoms with Gasteiger partial charge in [0.05, 0.1) is 0 Å².